The van der Waals surface area contributed by atoms with E-state index >= 15 is 0 Å². The number of fused-ring (bicyclic) bond motifs is 3. The van der Waals surface area contributed by atoms with Crippen LogP contribution in [0.3, 0.4) is 0 Å². The molecular weight excluding hydrogens is 328 g/mol. The Balaban J connectivity index is 1.51. The first kappa shape index (κ1) is 15.0. The summed E-state index contributed by atoms with van der Waals surface area (Å²) < 4.78 is 3.24. The number of amides is 1. The van der Waals surface area contributed by atoms with Crippen molar-refractivity contribution in [3.8, 4) is 0 Å². The number of hydrogen-bond acceptors (Lipinski definition) is 5. The van der Waals surface area contributed by atoms with Crippen LogP contribution in [0.1, 0.15) is 19.8 Å². The van der Waals surface area contributed by atoms with Gasteiger partial charge in [0.15, 0.2) is 5.16 Å². The number of carbonyl (C=O) groups excluding carboxylic acids is 1. The third-order valence-corrected chi connectivity index (χ3v) is 6.30. The Bertz CT molecular complexity index is 848. The van der Waals surface area contributed by atoms with Crippen molar-refractivity contribution in [3.05, 3.63) is 24.3 Å². The van der Waals surface area contributed by atoms with Gasteiger partial charge < -0.3 is 4.90 Å². The molecule has 0 aliphatic carbocycles. The maximum absolute atomic E-state index is 12.4. The second-order valence-electron chi connectivity index (χ2n) is 6.02. The molecule has 23 heavy (non-hydrogen) atoms. The van der Waals surface area contributed by atoms with Crippen molar-refractivity contribution in [2.75, 3.05) is 18.8 Å². The second-order valence-corrected chi connectivity index (χ2v) is 7.97. The Kier molecular flexibility index (Phi) is 3.98. The van der Waals surface area contributed by atoms with Gasteiger partial charge in [0.05, 0.1) is 16.0 Å². The fourth-order valence-corrected chi connectivity index (χ4v) is 4.79. The first-order valence-corrected chi connectivity index (χ1v) is 9.66. The molecule has 5 nitrogen and oxygen atoms in total. The van der Waals surface area contributed by atoms with Crippen molar-refractivity contribution < 1.29 is 4.79 Å². The summed E-state index contributed by atoms with van der Waals surface area (Å²) in [7, 11) is 0. The number of carbonyl (C=O) groups is 1. The van der Waals surface area contributed by atoms with Gasteiger partial charge in [-0.15, -0.1) is 10.2 Å². The van der Waals surface area contributed by atoms with E-state index in [1.165, 1.54) is 16.5 Å². The maximum Gasteiger partial charge on any atom is 0.233 e. The summed E-state index contributed by atoms with van der Waals surface area (Å²) in [5, 5.41) is 9.29. The monoisotopic (exact) mass is 346 g/mol. The van der Waals surface area contributed by atoms with E-state index in [-0.39, 0.29) is 5.91 Å². The summed E-state index contributed by atoms with van der Waals surface area (Å²) in [4.78, 5) is 15.3. The van der Waals surface area contributed by atoms with Crippen LogP contribution in [0.4, 0.5) is 0 Å². The molecule has 1 fully saturated rings. The zero-order chi connectivity index (χ0) is 15.8. The topological polar surface area (TPSA) is 50.5 Å². The van der Waals surface area contributed by atoms with Crippen LogP contribution in [0.2, 0.25) is 0 Å². The molecule has 3 aromatic rings. The SMILES string of the molecule is CC1CCN(C(=O)CSc2nnc3sc4ccccc4n23)CC1. The van der Waals surface area contributed by atoms with Crippen molar-refractivity contribution in [3.63, 3.8) is 0 Å². The molecule has 0 unspecified atom stereocenters. The van der Waals surface area contributed by atoms with Crippen LogP contribution < -0.4 is 0 Å². The van der Waals surface area contributed by atoms with Gasteiger partial charge in [-0.05, 0) is 30.9 Å². The summed E-state index contributed by atoms with van der Waals surface area (Å²) in [6.07, 6.45) is 2.22. The number of likely N-dealkylation sites (tertiary alicyclic amines) is 1. The standard InChI is InChI=1S/C16H18N4OS2/c1-11-6-8-19(9-7-11)14(21)10-22-15-17-18-16-20(15)12-4-2-3-5-13(12)23-16/h2-5,11H,6-10H2,1H3. The number of nitrogens with zero attached hydrogens (tertiary/aromatic N) is 4. The summed E-state index contributed by atoms with van der Waals surface area (Å²) in [5.41, 5.74) is 1.11. The number of aromatic nitrogens is 3. The fraction of sp³-hybridized carbons (Fsp3) is 0.438. The number of thiazole rings is 1. The molecule has 4 rings (SSSR count). The molecule has 1 aliphatic heterocycles. The quantitative estimate of drug-likeness (QED) is 0.683. The smallest absolute Gasteiger partial charge is 0.233 e. The Hall–Kier alpha value is -1.60. The summed E-state index contributed by atoms with van der Waals surface area (Å²) >= 11 is 3.11. The Morgan fingerprint density at radius 1 is 1.30 bits per heavy atom. The molecule has 0 atom stereocenters. The molecule has 0 radical (unpaired) electrons. The minimum absolute atomic E-state index is 0.207. The molecule has 2 aromatic heterocycles. The molecule has 0 bridgehead atoms. The molecule has 0 spiro atoms. The number of benzene rings is 1. The van der Waals surface area contributed by atoms with E-state index < -0.39 is 0 Å². The third-order valence-electron chi connectivity index (χ3n) is 4.37. The zero-order valence-corrected chi connectivity index (χ0v) is 14.6. The predicted octanol–water partition coefficient (Wildman–Crippen LogP) is 3.29. The lowest BCUT2D eigenvalue weighted by molar-refractivity contribution is -0.129. The van der Waals surface area contributed by atoms with Crippen LogP contribution in [0.5, 0.6) is 0 Å². The van der Waals surface area contributed by atoms with Gasteiger partial charge in [-0.25, -0.2) is 0 Å². The highest BCUT2D eigenvalue weighted by molar-refractivity contribution is 7.99. The molecule has 1 saturated heterocycles. The van der Waals surface area contributed by atoms with Gasteiger partial charge in [0.1, 0.15) is 0 Å². The summed E-state index contributed by atoms with van der Waals surface area (Å²) in [6, 6.07) is 8.20. The number of rotatable bonds is 3. The van der Waals surface area contributed by atoms with E-state index in [1.807, 2.05) is 17.0 Å². The van der Waals surface area contributed by atoms with Crippen molar-refractivity contribution in [1.82, 2.24) is 19.5 Å². The van der Waals surface area contributed by atoms with Crippen LogP contribution in [-0.2, 0) is 4.79 Å². The molecular formula is C16H18N4OS2. The first-order valence-electron chi connectivity index (χ1n) is 7.85. The highest BCUT2D eigenvalue weighted by atomic mass is 32.2. The normalized spacial score (nSPS) is 16.5. The predicted molar refractivity (Wildman–Crippen MR) is 94.1 cm³/mol. The molecule has 1 amide bonds. The summed E-state index contributed by atoms with van der Waals surface area (Å²) in [6.45, 7) is 4.03. The average Bonchev–Trinajstić information content (AvgIpc) is 3.12. The average molecular weight is 346 g/mol. The Morgan fingerprint density at radius 2 is 2.09 bits per heavy atom. The van der Waals surface area contributed by atoms with Crippen LogP contribution >= 0.6 is 23.1 Å². The van der Waals surface area contributed by atoms with E-state index in [0.717, 1.165) is 47.5 Å². The van der Waals surface area contributed by atoms with Crippen molar-refractivity contribution in [2.45, 2.75) is 24.9 Å². The first-order chi connectivity index (χ1) is 11.2. The Labute approximate surface area is 142 Å². The number of thioether (sulfide) groups is 1. The molecule has 3 heterocycles. The fourth-order valence-electron chi connectivity index (χ4n) is 2.92. The zero-order valence-electron chi connectivity index (χ0n) is 12.9. The highest BCUT2D eigenvalue weighted by Gasteiger charge is 2.21. The van der Waals surface area contributed by atoms with Gasteiger partial charge in [-0.2, -0.15) is 0 Å². The van der Waals surface area contributed by atoms with Crippen LogP contribution in [0.25, 0.3) is 15.2 Å². The minimum atomic E-state index is 0.207. The molecule has 120 valence electrons. The van der Waals surface area contributed by atoms with E-state index in [0.29, 0.717) is 5.75 Å². The van der Waals surface area contributed by atoms with Crippen LogP contribution in [-0.4, -0.2) is 44.2 Å². The molecule has 1 aromatic carbocycles. The van der Waals surface area contributed by atoms with E-state index in [2.05, 4.69) is 33.7 Å². The highest BCUT2D eigenvalue weighted by Crippen LogP contribution is 2.29. The van der Waals surface area contributed by atoms with Crippen molar-refractivity contribution in [2.24, 2.45) is 5.92 Å². The number of piperidine rings is 1. The van der Waals surface area contributed by atoms with E-state index in [1.54, 1.807) is 11.3 Å². The molecule has 0 saturated carbocycles. The largest absolute Gasteiger partial charge is 0.342 e. The lowest BCUT2D eigenvalue weighted by Crippen LogP contribution is -2.38. The number of para-hydroxylation sites is 1. The van der Waals surface area contributed by atoms with Gasteiger partial charge in [-0.1, -0.05) is 42.2 Å². The lowest BCUT2D eigenvalue weighted by atomic mass is 9.99. The van der Waals surface area contributed by atoms with Crippen molar-refractivity contribution >= 4 is 44.2 Å². The van der Waals surface area contributed by atoms with Gasteiger partial charge in [-0.3, -0.25) is 9.20 Å². The van der Waals surface area contributed by atoms with E-state index in [4.69, 9.17) is 0 Å². The molecule has 7 heteroatoms. The van der Waals surface area contributed by atoms with Crippen molar-refractivity contribution in [1.29, 1.82) is 0 Å². The van der Waals surface area contributed by atoms with Crippen LogP contribution in [0.15, 0.2) is 29.4 Å². The van der Waals surface area contributed by atoms with Gasteiger partial charge in [0, 0.05) is 13.1 Å². The second kappa shape index (κ2) is 6.13. The summed E-state index contributed by atoms with van der Waals surface area (Å²) in [5.74, 6) is 1.37. The molecule has 0 N–H and O–H groups in total. The van der Waals surface area contributed by atoms with E-state index in [9.17, 15) is 4.79 Å². The minimum Gasteiger partial charge on any atom is -0.342 e. The third kappa shape index (κ3) is 2.83. The Morgan fingerprint density at radius 3 is 2.91 bits per heavy atom. The maximum atomic E-state index is 12.4. The number of hydrogen-bond donors (Lipinski definition) is 0. The lowest BCUT2D eigenvalue weighted by Gasteiger charge is -2.30. The van der Waals surface area contributed by atoms with Gasteiger partial charge in [0.25, 0.3) is 0 Å². The molecule has 1 aliphatic rings. The van der Waals surface area contributed by atoms with Crippen LogP contribution in [0, 0.1) is 5.92 Å². The van der Waals surface area contributed by atoms with Gasteiger partial charge in [0.2, 0.25) is 10.9 Å². The van der Waals surface area contributed by atoms with Gasteiger partial charge >= 0.3 is 0 Å².